The number of benzene rings is 1. The number of nitrogens with one attached hydrogen (secondary N) is 2. The summed E-state index contributed by atoms with van der Waals surface area (Å²) in [5, 5.41) is 5.99. The van der Waals surface area contributed by atoms with E-state index in [1.807, 2.05) is 12.1 Å². The first-order valence-electron chi connectivity index (χ1n) is 6.16. The van der Waals surface area contributed by atoms with Crippen LogP contribution in [0.1, 0.15) is 10.5 Å². The van der Waals surface area contributed by atoms with Crippen molar-refractivity contribution in [3.05, 3.63) is 46.6 Å². The van der Waals surface area contributed by atoms with Gasteiger partial charge in [0.15, 0.2) is 0 Å². The minimum atomic E-state index is -0.346. The maximum Gasteiger partial charge on any atom is 0.275 e. The minimum absolute atomic E-state index is 0.188. The molecule has 0 bridgehead atoms. The summed E-state index contributed by atoms with van der Waals surface area (Å²) in [6.45, 7) is 0. The van der Waals surface area contributed by atoms with Crippen LogP contribution >= 0.6 is 22.9 Å². The van der Waals surface area contributed by atoms with Crippen LogP contribution in [0.2, 0.25) is 5.02 Å². The Balaban J connectivity index is 1.88. The minimum Gasteiger partial charge on any atom is -0.373 e. The lowest BCUT2D eigenvalue weighted by Gasteiger charge is -2.08. The van der Waals surface area contributed by atoms with Crippen LogP contribution in [0.4, 0.5) is 11.5 Å². The van der Waals surface area contributed by atoms with Crippen molar-refractivity contribution in [1.82, 2.24) is 9.97 Å². The number of carbonyl (C=O) groups is 1. The highest BCUT2D eigenvalue weighted by molar-refractivity contribution is 7.16. The third kappa shape index (κ3) is 2.81. The van der Waals surface area contributed by atoms with Crippen LogP contribution in [0.5, 0.6) is 0 Å². The van der Waals surface area contributed by atoms with Crippen molar-refractivity contribution in [2.45, 2.75) is 0 Å². The molecule has 1 amide bonds. The lowest BCUT2D eigenvalue weighted by Crippen LogP contribution is -2.15. The Kier molecular flexibility index (Phi) is 3.72. The largest absolute Gasteiger partial charge is 0.373 e. The van der Waals surface area contributed by atoms with Crippen LogP contribution < -0.4 is 10.6 Å². The number of anilines is 2. The zero-order valence-corrected chi connectivity index (χ0v) is 12.6. The van der Waals surface area contributed by atoms with E-state index in [1.54, 1.807) is 30.8 Å². The SMILES string of the molecule is CNc1ccc(Cl)c(C(=O)Nc2ccc3ncsc3c2)n1. The number of hydrogen-bond acceptors (Lipinski definition) is 5. The lowest BCUT2D eigenvalue weighted by atomic mass is 10.2. The van der Waals surface area contributed by atoms with Crippen LogP contribution in [0.25, 0.3) is 10.2 Å². The van der Waals surface area contributed by atoms with Gasteiger partial charge in [-0.05, 0) is 30.3 Å². The zero-order chi connectivity index (χ0) is 14.8. The van der Waals surface area contributed by atoms with Crippen molar-refractivity contribution in [3.8, 4) is 0 Å². The van der Waals surface area contributed by atoms with Gasteiger partial charge in [-0.3, -0.25) is 4.79 Å². The molecule has 0 fully saturated rings. The number of carbonyl (C=O) groups excluding carboxylic acids is 1. The maximum atomic E-state index is 12.3. The second-order valence-electron chi connectivity index (χ2n) is 4.27. The van der Waals surface area contributed by atoms with Gasteiger partial charge in [0, 0.05) is 12.7 Å². The van der Waals surface area contributed by atoms with E-state index < -0.39 is 0 Å². The summed E-state index contributed by atoms with van der Waals surface area (Å²) in [5.41, 5.74) is 3.55. The number of hydrogen-bond donors (Lipinski definition) is 2. The zero-order valence-electron chi connectivity index (χ0n) is 11.1. The number of amides is 1. The van der Waals surface area contributed by atoms with Gasteiger partial charge in [-0.25, -0.2) is 9.97 Å². The van der Waals surface area contributed by atoms with Crippen molar-refractivity contribution in [2.24, 2.45) is 0 Å². The Labute approximate surface area is 130 Å². The van der Waals surface area contributed by atoms with Crippen molar-refractivity contribution in [1.29, 1.82) is 0 Å². The summed E-state index contributed by atoms with van der Waals surface area (Å²) in [6, 6.07) is 8.89. The van der Waals surface area contributed by atoms with Crippen molar-refractivity contribution in [2.75, 3.05) is 17.7 Å². The van der Waals surface area contributed by atoms with E-state index in [4.69, 9.17) is 11.6 Å². The average Bonchev–Trinajstić information content (AvgIpc) is 2.95. The van der Waals surface area contributed by atoms with E-state index >= 15 is 0 Å². The molecule has 3 aromatic rings. The van der Waals surface area contributed by atoms with E-state index in [0.717, 1.165) is 10.2 Å². The quantitative estimate of drug-likeness (QED) is 0.773. The fourth-order valence-electron chi connectivity index (χ4n) is 1.86. The molecule has 2 N–H and O–H groups in total. The molecule has 0 saturated carbocycles. The van der Waals surface area contributed by atoms with E-state index in [-0.39, 0.29) is 11.6 Å². The van der Waals surface area contributed by atoms with Gasteiger partial charge in [-0.1, -0.05) is 11.6 Å². The monoisotopic (exact) mass is 318 g/mol. The molecule has 21 heavy (non-hydrogen) atoms. The van der Waals surface area contributed by atoms with Gasteiger partial charge in [-0.2, -0.15) is 0 Å². The number of thiazole rings is 1. The van der Waals surface area contributed by atoms with Gasteiger partial charge in [0.1, 0.15) is 11.5 Å². The highest BCUT2D eigenvalue weighted by atomic mass is 35.5. The van der Waals surface area contributed by atoms with Crippen molar-refractivity contribution in [3.63, 3.8) is 0 Å². The Morgan fingerprint density at radius 2 is 2.14 bits per heavy atom. The molecule has 0 aliphatic rings. The fraction of sp³-hybridized carbons (Fsp3) is 0.0714. The first-order chi connectivity index (χ1) is 10.2. The first kappa shape index (κ1) is 13.8. The number of halogens is 1. The molecule has 106 valence electrons. The molecule has 0 aliphatic heterocycles. The standard InChI is InChI=1S/C14H11ClN4OS/c1-16-12-5-3-9(15)13(19-12)14(20)18-8-2-4-10-11(6-8)21-7-17-10/h2-7H,1H3,(H,16,19)(H,18,20). The van der Waals surface area contributed by atoms with Gasteiger partial charge < -0.3 is 10.6 Å². The molecule has 0 spiro atoms. The third-order valence-corrected chi connectivity index (χ3v) is 4.00. The van der Waals surface area contributed by atoms with Crippen molar-refractivity contribution < 1.29 is 4.79 Å². The summed E-state index contributed by atoms with van der Waals surface area (Å²) >= 11 is 7.55. The second-order valence-corrected chi connectivity index (χ2v) is 5.56. The van der Waals surface area contributed by atoms with Crippen LogP contribution in [-0.4, -0.2) is 22.9 Å². The third-order valence-electron chi connectivity index (χ3n) is 2.91. The molecular weight excluding hydrogens is 308 g/mol. The number of aromatic nitrogens is 2. The molecule has 0 unspecified atom stereocenters. The smallest absolute Gasteiger partial charge is 0.275 e. The van der Waals surface area contributed by atoms with E-state index in [9.17, 15) is 4.79 Å². The Morgan fingerprint density at radius 1 is 1.29 bits per heavy atom. The van der Waals surface area contributed by atoms with E-state index in [1.165, 1.54) is 11.3 Å². The van der Waals surface area contributed by atoms with E-state index in [0.29, 0.717) is 16.5 Å². The molecule has 1 aromatic carbocycles. The average molecular weight is 319 g/mol. The predicted molar refractivity (Wildman–Crippen MR) is 86.4 cm³/mol. The summed E-state index contributed by atoms with van der Waals surface area (Å²) in [6.07, 6.45) is 0. The maximum absolute atomic E-state index is 12.3. The lowest BCUT2D eigenvalue weighted by molar-refractivity contribution is 0.102. The number of nitrogens with zero attached hydrogens (tertiary/aromatic N) is 2. The normalized spacial score (nSPS) is 10.6. The van der Waals surface area contributed by atoms with Crippen LogP contribution in [0.15, 0.2) is 35.8 Å². The second kappa shape index (κ2) is 5.67. The molecule has 2 aromatic heterocycles. The number of pyridine rings is 1. The molecule has 0 radical (unpaired) electrons. The summed E-state index contributed by atoms with van der Waals surface area (Å²) in [7, 11) is 1.73. The summed E-state index contributed by atoms with van der Waals surface area (Å²) in [5.74, 6) is 0.239. The summed E-state index contributed by atoms with van der Waals surface area (Å²) < 4.78 is 1.01. The predicted octanol–water partition coefficient (Wildman–Crippen LogP) is 3.64. The van der Waals surface area contributed by atoms with Crippen molar-refractivity contribution >= 4 is 50.6 Å². The van der Waals surface area contributed by atoms with Gasteiger partial charge in [0.2, 0.25) is 0 Å². The highest BCUT2D eigenvalue weighted by Crippen LogP contribution is 2.23. The number of rotatable bonds is 3. The molecule has 0 atom stereocenters. The molecule has 7 heteroatoms. The van der Waals surface area contributed by atoms with Gasteiger partial charge >= 0.3 is 0 Å². The summed E-state index contributed by atoms with van der Waals surface area (Å²) in [4.78, 5) is 20.7. The fourth-order valence-corrected chi connectivity index (χ4v) is 2.77. The molecule has 5 nitrogen and oxygen atoms in total. The molecule has 0 aliphatic carbocycles. The van der Waals surface area contributed by atoms with Gasteiger partial charge in [0.05, 0.1) is 20.7 Å². The molecular formula is C14H11ClN4OS. The van der Waals surface area contributed by atoms with Crippen LogP contribution in [0.3, 0.4) is 0 Å². The van der Waals surface area contributed by atoms with Gasteiger partial charge in [0.25, 0.3) is 5.91 Å². The van der Waals surface area contributed by atoms with Crippen LogP contribution in [-0.2, 0) is 0 Å². The topological polar surface area (TPSA) is 66.9 Å². The number of fused-ring (bicyclic) bond motifs is 1. The Morgan fingerprint density at radius 3 is 2.95 bits per heavy atom. The molecule has 0 saturated heterocycles. The van der Waals surface area contributed by atoms with Crippen LogP contribution in [0, 0.1) is 0 Å². The molecule has 3 rings (SSSR count). The first-order valence-corrected chi connectivity index (χ1v) is 7.42. The molecule has 2 heterocycles. The van der Waals surface area contributed by atoms with Gasteiger partial charge in [-0.15, -0.1) is 11.3 Å². The highest BCUT2D eigenvalue weighted by Gasteiger charge is 2.13. The van der Waals surface area contributed by atoms with E-state index in [2.05, 4.69) is 20.6 Å². The Bertz CT molecular complexity index is 818. The Hall–Kier alpha value is -2.18.